The number of aromatic nitrogens is 3. The molecule has 0 atom stereocenters. The van der Waals surface area contributed by atoms with Gasteiger partial charge in [0.15, 0.2) is 0 Å². The Morgan fingerprint density at radius 2 is 2.33 bits per heavy atom. The van der Waals surface area contributed by atoms with E-state index in [9.17, 15) is 0 Å². The third kappa shape index (κ3) is 2.19. The van der Waals surface area contributed by atoms with E-state index in [0.717, 1.165) is 11.3 Å². The minimum absolute atomic E-state index is 0.477. The molecule has 0 bridgehead atoms. The van der Waals surface area contributed by atoms with Crippen molar-refractivity contribution >= 4 is 0 Å². The van der Waals surface area contributed by atoms with Crippen LogP contribution in [0.4, 0.5) is 0 Å². The van der Waals surface area contributed by atoms with E-state index < -0.39 is 0 Å². The number of aryl methyl sites for hydroxylation is 1. The van der Waals surface area contributed by atoms with Crippen LogP contribution in [0.15, 0.2) is 22.9 Å². The Morgan fingerprint density at radius 1 is 1.47 bits per heavy atom. The van der Waals surface area contributed by atoms with Gasteiger partial charge in [-0.25, -0.2) is 0 Å². The van der Waals surface area contributed by atoms with Crippen LogP contribution >= 0.6 is 0 Å². The first-order valence-corrected chi connectivity index (χ1v) is 4.54. The molecule has 2 heterocycles. The molecule has 15 heavy (non-hydrogen) atoms. The molecule has 0 aliphatic carbocycles. The Labute approximate surface area is 87.1 Å². The number of rotatable bonds is 3. The van der Waals surface area contributed by atoms with Crippen molar-refractivity contribution in [3.8, 4) is 11.4 Å². The summed E-state index contributed by atoms with van der Waals surface area (Å²) in [7, 11) is 1.63. The zero-order chi connectivity index (χ0) is 10.7. The van der Waals surface area contributed by atoms with Crippen LogP contribution in [0.1, 0.15) is 11.6 Å². The summed E-state index contributed by atoms with van der Waals surface area (Å²) < 4.78 is 9.90. The largest absolute Gasteiger partial charge is 0.378 e. The maximum atomic E-state index is 5.00. The molecule has 0 radical (unpaired) electrons. The van der Waals surface area contributed by atoms with Gasteiger partial charge in [-0.1, -0.05) is 5.16 Å². The van der Waals surface area contributed by atoms with Gasteiger partial charge in [0.2, 0.25) is 11.7 Å². The van der Waals surface area contributed by atoms with E-state index in [4.69, 9.17) is 9.26 Å². The molecule has 0 unspecified atom stereocenters. The van der Waals surface area contributed by atoms with Gasteiger partial charge >= 0.3 is 0 Å². The topological polar surface area (TPSA) is 61.0 Å². The summed E-state index contributed by atoms with van der Waals surface area (Å²) in [4.78, 5) is 8.29. The lowest BCUT2D eigenvalue weighted by atomic mass is 10.2. The average Bonchev–Trinajstić information content (AvgIpc) is 2.66. The molecule has 5 nitrogen and oxygen atoms in total. The summed E-state index contributed by atoms with van der Waals surface area (Å²) >= 11 is 0. The maximum absolute atomic E-state index is 5.00. The summed E-state index contributed by atoms with van der Waals surface area (Å²) in [6.45, 7) is 2.23. The van der Waals surface area contributed by atoms with Gasteiger partial charge in [0.05, 0.1) is 12.3 Å². The molecule has 0 aliphatic heterocycles. The molecule has 0 spiro atoms. The number of nitrogens with zero attached hydrogens (tertiary/aromatic N) is 3. The van der Waals surface area contributed by atoms with Gasteiger partial charge in [-0.15, -0.1) is 0 Å². The lowest BCUT2D eigenvalue weighted by molar-refractivity contribution is 0.181. The van der Waals surface area contributed by atoms with Crippen LogP contribution in [0, 0.1) is 6.92 Å². The molecule has 78 valence electrons. The first kappa shape index (κ1) is 9.79. The summed E-state index contributed by atoms with van der Waals surface area (Å²) in [5, 5.41) is 3.83. The molecule has 2 aromatic rings. The molecule has 0 aliphatic rings. The zero-order valence-corrected chi connectivity index (χ0v) is 8.60. The van der Waals surface area contributed by atoms with Crippen molar-refractivity contribution in [1.29, 1.82) is 0 Å². The highest BCUT2D eigenvalue weighted by Gasteiger charge is 2.06. The maximum Gasteiger partial charge on any atom is 0.223 e. The van der Waals surface area contributed by atoms with Crippen LogP contribution < -0.4 is 0 Å². The minimum Gasteiger partial charge on any atom is -0.378 e. The molecule has 0 aromatic carbocycles. The highest BCUT2D eigenvalue weighted by atomic mass is 16.5. The smallest absolute Gasteiger partial charge is 0.223 e. The van der Waals surface area contributed by atoms with Crippen molar-refractivity contribution < 1.29 is 9.26 Å². The second-order valence-electron chi connectivity index (χ2n) is 3.11. The van der Waals surface area contributed by atoms with Crippen molar-refractivity contribution in [3.05, 3.63) is 29.9 Å². The summed E-state index contributed by atoms with van der Waals surface area (Å²) in [6.07, 6.45) is 1.70. The van der Waals surface area contributed by atoms with Crippen molar-refractivity contribution in [3.63, 3.8) is 0 Å². The van der Waals surface area contributed by atoms with E-state index >= 15 is 0 Å². The Kier molecular flexibility index (Phi) is 2.73. The third-order valence-corrected chi connectivity index (χ3v) is 1.89. The van der Waals surface area contributed by atoms with E-state index in [1.165, 1.54) is 0 Å². The second-order valence-corrected chi connectivity index (χ2v) is 3.11. The van der Waals surface area contributed by atoms with Crippen molar-refractivity contribution in [2.75, 3.05) is 7.11 Å². The van der Waals surface area contributed by atoms with Crippen molar-refractivity contribution in [2.24, 2.45) is 0 Å². The van der Waals surface area contributed by atoms with Crippen molar-refractivity contribution in [2.45, 2.75) is 13.5 Å². The van der Waals surface area contributed by atoms with E-state index in [0.29, 0.717) is 18.3 Å². The molecule has 0 saturated carbocycles. The van der Waals surface area contributed by atoms with Crippen LogP contribution in [0.2, 0.25) is 0 Å². The lowest BCUT2D eigenvalue weighted by Crippen LogP contribution is -1.92. The Balaban J connectivity index is 2.32. The lowest BCUT2D eigenvalue weighted by Gasteiger charge is -1.99. The summed E-state index contributed by atoms with van der Waals surface area (Å²) in [6, 6.07) is 3.72. The number of methoxy groups -OCH3 is 1. The molecular formula is C10H11N3O2. The monoisotopic (exact) mass is 205 g/mol. The average molecular weight is 205 g/mol. The van der Waals surface area contributed by atoms with Gasteiger partial charge in [0.1, 0.15) is 0 Å². The summed E-state index contributed by atoms with van der Waals surface area (Å²) in [5.41, 5.74) is 1.73. The van der Waals surface area contributed by atoms with Crippen LogP contribution in [0.5, 0.6) is 0 Å². The fraction of sp³-hybridized carbons (Fsp3) is 0.300. The van der Waals surface area contributed by atoms with E-state index in [1.807, 2.05) is 12.1 Å². The molecule has 2 aromatic heterocycles. The SMILES string of the molecule is COCc1cc(-c2noc(C)n2)ccn1. The number of pyridine rings is 1. The zero-order valence-electron chi connectivity index (χ0n) is 8.60. The molecule has 0 fully saturated rings. The predicted molar refractivity (Wildman–Crippen MR) is 53.0 cm³/mol. The summed E-state index contributed by atoms with van der Waals surface area (Å²) in [5.74, 6) is 1.13. The number of hydrogen-bond acceptors (Lipinski definition) is 5. The van der Waals surface area contributed by atoms with E-state index in [1.54, 1.807) is 20.2 Å². The first-order valence-electron chi connectivity index (χ1n) is 4.54. The molecule has 5 heteroatoms. The first-order chi connectivity index (χ1) is 7.29. The molecule has 0 saturated heterocycles. The highest BCUT2D eigenvalue weighted by molar-refractivity contribution is 5.53. The van der Waals surface area contributed by atoms with Gasteiger partial charge in [-0.05, 0) is 12.1 Å². The molecule has 0 N–H and O–H groups in total. The Morgan fingerprint density at radius 3 is 3.00 bits per heavy atom. The number of hydrogen-bond donors (Lipinski definition) is 0. The fourth-order valence-corrected chi connectivity index (χ4v) is 1.26. The van der Waals surface area contributed by atoms with Gasteiger partial charge in [0.25, 0.3) is 0 Å². The van der Waals surface area contributed by atoms with Gasteiger partial charge < -0.3 is 9.26 Å². The fourth-order valence-electron chi connectivity index (χ4n) is 1.26. The van der Waals surface area contributed by atoms with Crippen LogP contribution in [-0.4, -0.2) is 22.2 Å². The second kappa shape index (κ2) is 4.18. The molecular weight excluding hydrogens is 194 g/mol. The standard InChI is InChI=1S/C10H11N3O2/c1-7-12-10(13-15-7)8-3-4-11-9(5-8)6-14-2/h3-5H,6H2,1-2H3. The van der Waals surface area contributed by atoms with Gasteiger partial charge in [0, 0.05) is 25.8 Å². The molecule has 0 amide bonds. The molecule has 2 rings (SSSR count). The van der Waals surface area contributed by atoms with Gasteiger partial charge in [-0.2, -0.15) is 4.98 Å². The normalized spacial score (nSPS) is 10.5. The van der Waals surface area contributed by atoms with Crippen molar-refractivity contribution in [1.82, 2.24) is 15.1 Å². The Bertz CT molecular complexity index is 453. The van der Waals surface area contributed by atoms with Gasteiger partial charge in [-0.3, -0.25) is 4.98 Å². The highest BCUT2D eigenvalue weighted by Crippen LogP contribution is 2.15. The van der Waals surface area contributed by atoms with E-state index in [2.05, 4.69) is 15.1 Å². The van der Waals surface area contributed by atoms with Crippen LogP contribution in [0.3, 0.4) is 0 Å². The van der Waals surface area contributed by atoms with Crippen LogP contribution in [0.25, 0.3) is 11.4 Å². The Hall–Kier alpha value is -1.75. The van der Waals surface area contributed by atoms with E-state index in [-0.39, 0.29) is 0 Å². The third-order valence-electron chi connectivity index (χ3n) is 1.89. The number of ether oxygens (including phenoxy) is 1. The minimum atomic E-state index is 0.477. The van der Waals surface area contributed by atoms with Crippen LogP contribution in [-0.2, 0) is 11.3 Å². The quantitative estimate of drug-likeness (QED) is 0.761. The predicted octanol–water partition coefficient (Wildman–Crippen LogP) is 1.59.